The van der Waals surface area contributed by atoms with Gasteiger partial charge in [-0.1, -0.05) is 6.92 Å². The maximum atomic E-state index is 13.3. The Morgan fingerprint density at radius 1 is 1.55 bits per heavy atom. The van der Waals surface area contributed by atoms with Crippen LogP contribution >= 0.6 is 0 Å². The van der Waals surface area contributed by atoms with Gasteiger partial charge in [0.1, 0.15) is 5.56 Å². The normalized spacial score (nSPS) is 18.9. The molecule has 108 valence electrons. The minimum absolute atomic E-state index is 0.150. The van der Waals surface area contributed by atoms with Crippen molar-refractivity contribution < 1.29 is 14.1 Å². The molecule has 1 saturated heterocycles. The molecule has 1 aromatic carbocycles. The van der Waals surface area contributed by atoms with Gasteiger partial charge < -0.3 is 10.6 Å². The van der Waals surface area contributed by atoms with Gasteiger partial charge in [0.05, 0.1) is 16.7 Å². The summed E-state index contributed by atoms with van der Waals surface area (Å²) >= 11 is 0. The number of hydrogen-bond acceptors (Lipinski definition) is 4. The number of piperidine rings is 1. The number of anilines is 1. The fraction of sp³-hybridized carbons (Fsp3) is 0.462. The number of benzene rings is 1. The van der Waals surface area contributed by atoms with Crippen molar-refractivity contribution in [3.8, 4) is 0 Å². The highest BCUT2D eigenvalue weighted by Gasteiger charge is 2.29. The zero-order valence-corrected chi connectivity index (χ0v) is 11.1. The summed E-state index contributed by atoms with van der Waals surface area (Å²) in [5, 5.41) is 11.0. The molecule has 0 radical (unpaired) electrons. The second kappa shape index (κ2) is 5.44. The first-order valence-electron chi connectivity index (χ1n) is 6.43. The molecule has 1 atom stereocenters. The average molecular weight is 281 g/mol. The SMILES string of the molecule is CC1CCCN(C(=O)c2cc(N)c(F)cc2[N+](=O)[O-])C1. The Balaban J connectivity index is 2.38. The van der Waals surface area contributed by atoms with Gasteiger partial charge in [-0.25, -0.2) is 4.39 Å². The number of hydrogen-bond donors (Lipinski definition) is 1. The third-order valence-corrected chi connectivity index (χ3v) is 3.49. The minimum Gasteiger partial charge on any atom is -0.396 e. The predicted molar refractivity (Wildman–Crippen MR) is 71.8 cm³/mol. The largest absolute Gasteiger partial charge is 0.396 e. The van der Waals surface area contributed by atoms with E-state index >= 15 is 0 Å². The molecular formula is C13H16FN3O3. The average Bonchev–Trinajstić information content (AvgIpc) is 2.40. The molecule has 2 rings (SSSR count). The smallest absolute Gasteiger partial charge is 0.285 e. The summed E-state index contributed by atoms with van der Waals surface area (Å²) in [5.74, 6) is -1.00. The van der Waals surface area contributed by atoms with E-state index in [9.17, 15) is 19.3 Å². The van der Waals surface area contributed by atoms with Crippen LogP contribution in [0.4, 0.5) is 15.8 Å². The van der Waals surface area contributed by atoms with Crippen LogP contribution in [0.25, 0.3) is 0 Å². The summed E-state index contributed by atoms with van der Waals surface area (Å²) in [5.41, 5.74) is 4.46. The number of rotatable bonds is 2. The molecule has 0 bridgehead atoms. The number of amides is 1. The maximum absolute atomic E-state index is 13.3. The van der Waals surface area contributed by atoms with Crippen LogP contribution in [0.3, 0.4) is 0 Å². The Morgan fingerprint density at radius 3 is 2.85 bits per heavy atom. The number of likely N-dealkylation sites (tertiary alicyclic amines) is 1. The van der Waals surface area contributed by atoms with Gasteiger partial charge >= 0.3 is 0 Å². The molecule has 0 aromatic heterocycles. The van der Waals surface area contributed by atoms with E-state index in [1.54, 1.807) is 4.90 Å². The van der Waals surface area contributed by atoms with Gasteiger partial charge in [-0.3, -0.25) is 14.9 Å². The molecule has 0 aliphatic carbocycles. The van der Waals surface area contributed by atoms with Crippen LogP contribution in [0.1, 0.15) is 30.1 Å². The Bertz CT molecular complexity index is 562. The molecule has 2 N–H and O–H groups in total. The van der Waals surface area contributed by atoms with Crippen LogP contribution < -0.4 is 5.73 Å². The first-order valence-corrected chi connectivity index (χ1v) is 6.43. The number of carbonyl (C=O) groups is 1. The second-order valence-corrected chi connectivity index (χ2v) is 5.15. The second-order valence-electron chi connectivity index (χ2n) is 5.15. The third kappa shape index (κ3) is 2.71. The summed E-state index contributed by atoms with van der Waals surface area (Å²) in [7, 11) is 0. The first-order chi connectivity index (χ1) is 9.40. The monoisotopic (exact) mass is 281 g/mol. The molecule has 1 aliphatic heterocycles. The topological polar surface area (TPSA) is 89.5 Å². The zero-order valence-electron chi connectivity index (χ0n) is 11.1. The molecule has 6 nitrogen and oxygen atoms in total. The molecule has 1 amide bonds. The molecule has 1 aromatic rings. The molecule has 20 heavy (non-hydrogen) atoms. The number of halogens is 1. The van der Waals surface area contributed by atoms with E-state index in [1.165, 1.54) is 0 Å². The van der Waals surface area contributed by atoms with Crippen molar-refractivity contribution in [2.24, 2.45) is 5.92 Å². The van der Waals surface area contributed by atoms with Gasteiger partial charge in [-0.15, -0.1) is 0 Å². The van der Waals surface area contributed by atoms with Crippen molar-refractivity contribution in [2.45, 2.75) is 19.8 Å². The fourth-order valence-corrected chi connectivity index (χ4v) is 2.45. The quantitative estimate of drug-likeness (QED) is 0.511. The van der Waals surface area contributed by atoms with Gasteiger partial charge in [0.25, 0.3) is 11.6 Å². The Labute approximate surface area is 115 Å². The van der Waals surface area contributed by atoms with E-state index in [2.05, 4.69) is 0 Å². The van der Waals surface area contributed by atoms with Crippen LogP contribution in [-0.4, -0.2) is 28.8 Å². The molecular weight excluding hydrogens is 265 g/mol. The number of nitro groups is 1. The molecule has 1 fully saturated rings. The molecule has 1 unspecified atom stereocenters. The van der Waals surface area contributed by atoms with Crippen molar-refractivity contribution >= 4 is 17.3 Å². The van der Waals surface area contributed by atoms with Crippen molar-refractivity contribution in [1.82, 2.24) is 4.90 Å². The first kappa shape index (κ1) is 14.2. The van der Waals surface area contributed by atoms with Gasteiger partial charge in [-0.05, 0) is 24.8 Å². The van der Waals surface area contributed by atoms with Crippen LogP contribution in [0, 0.1) is 21.8 Å². The molecule has 1 heterocycles. The zero-order chi connectivity index (χ0) is 14.9. The fourth-order valence-electron chi connectivity index (χ4n) is 2.45. The van der Waals surface area contributed by atoms with E-state index in [0.29, 0.717) is 25.1 Å². The van der Waals surface area contributed by atoms with Crippen LogP contribution in [-0.2, 0) is 0 Å². The summed E-state index contributed by atoms with van der Waals surface area (Å²) in [4.78, 5) is 24.1. The third-order valence-electron chi connectivity index (χ3n) is 3.49. The van der Waals surface area contributed by atoms with Crippen LogP contribution in [0.15, 0.2) is 12.1 Å². The van der Waals surface area contributed by atoms with E-state index in [1.807, 2.05) is 6.92 Å². The highest BCUT2D eigenvalue weighted by atomic mass is 19.1. The van der Waals surface area contributed by atoms with E-state index in [-0.39, 0.29) is 11.3 Å². The summed E-state index contributed by atoms with van der Waals surface area (Å²) in [6, 6.07) is 1.75. The number of nitro benzene ring substituents is 1. The van der Waals surface area contributed by atoms with Crippen molar-refractivity contribution in [3.63, 3.8) is 0 Å². The van der Waals surface area contributed by atoms with E-state index in [4.69, 9.17) is 5.73 Å². The van der Waals surface area contributed by atoms with Crippen LogP contribution in [0.5, 0.6) is 0 Å². The van der Waals surface area contributed by atoms with Crippen molar-refractivity contribution in [2.75, 3.05) is 18.8 Å². The molecule has 1 aliphatic rings. The standard InChI is InChI=1S/C13H16FN3O3/c1-8-3-2-4-16(7-8)13(18)9-5-11(15)10(14)6-12(9)17(19)20/h5-6,8H,2-4,7,15H2,1H3. The molecule has 0 spiro atoms. The lowest BCUT2D eigenvalue weighted by molar-refractivity contribution is -0.385. The summed E-state index contributed by atoms with van der Waals surface area (Å²) < 4.78 is 13.3. The van der Waals surface area contributed by atoms with Crippen molar-refractivity contribution in [3.05, 3.63) is 33.6 Å². The minimum atomic E-state index is -0.889. The molecule has 0 saturated carbocycles. The Hall–Kier alpha value is -2.18. The maximum Gasteiger partial charge on any atom is 0.285 e. The van der Waals surface area contributed by atoms with Gasteiger partial charge in [0, 0.05) is 13.1 Å². The van der Waals surface area contributed by atoms with Crippen molar-refractivity contribution in [1.29, 1.82) is 0 Å². The Kier molecular flexibility index (Phi) is 3.87. The summed E-state index contributed by atoms with van der Waals surface area (Å²) in [6.07, 6.45) is 1.88. The van der Waals surface area contributed by atoms with Gasteiger partial charge in [0.15, 0.2) is 5.82 Å². The Morgan fingerprint density at radius 2 is 2.25 bits per heavy atom. The lowest BCUT2D eigenvalue weighted by atomic mass is 9.99. The van der Waals surface area contributed by atoms with Gasteiger partial charge in [-0.2, -0.15) is 0 Å². The highest BCUT2D eigenvalue weighted by Crippen LogP contribution is 2.27. The molecule has 7 heteroatoms. The number of nitrogens with two attached hydrogens (primary N) is 1. The lowest BCUT2D eigenvalue weighted by Gasteiger charge is -2.30. The number of carbonyl (C=O) groups excluding carboxylic acids is 1. The lowest BCUT2D eigenvalue weighted by Crippen LogP contribution is -2.39. The predicted octanol–water partition coefficient (Wildman–Crippen LogP) is 2.19. The van der Waals surface area contributed by atoms with Gasteiger partial charge in [0.2, 0.25) is 0 Å². The highest BCUT2D eigenvalue weighted by molar-refractivity contribution is 5.99. The van der Waals surface area contributed by atoms with Crippen LogP contribution in [0.2, 0.25) is 0 Å². The summed E-state index contributed by atoms with van der Waals surface area (Å²) in [6.45, 7) is 3.12. The number of nitrogen functional groups attached to an aromatic ring is 1. The van der Waals surface area contributed by atoms with E-state index < -0.39 is 22.3 Å². The number of nitrogens with zero attached hydrogens (tertiary/aromatic N) is 2. The van der Waals surface area contributed by atoms with E-state index in [0.717, 1.165) is 18.9 Å².